The number of guanidine groups is 1. The summed E-state index contributed by atoms with van der Waals surface area (Å²) in [6, 6.07) is 0. The molecular weight excluding hydrogens is 377 g/mol. The van der Waals surface area contributed by atoms with Crippen LogP contribution in [0.5, 0.6) is 0 Å². The monoisotopic (exact) mass is 401 g/mol. The molecule has 19 heavy (non-hydrogen) atoms. The van der Waals surface area contributed by atoms with Crippen LogP contribution in [-0.4, -0.2) is 58.0 Å². The van der Waals surface area contributed by atoms with Crippen LogP contribution in [0.4, 0.5) is 0 Å². The van der Waals surface area contributed by atoms with E-state index < -0.39 is 9.84 Å². The molecule has 5 nitrogen and oxygen atoms in total. The Kier molecular flexibility index (Phi) is 8.64. The van der Waals surface area contributed by atoms with Crippen LogP contribution >= 0.6 is 24.0 Å². The van der Waals surface area contributed by atoms with E-state index in [-0.39, 0.29) is 29.9 Å². The highest BCUT2D eigenvalue weighted by atomic mass is 127. The Morgan fingerprint density at radius 1 is 1.58 bits per heavy atom. The Labute approximate surface area is 133 Å². The molecule has 1 heterocycles. The lowest BCUT2D eigenvalue weighted by atomic mass is 10.1. The number of sulfone groups is 1. The van der Waals surface area contributed by atoms with E-state index >= 15 is 0 Å². The number of hydrogen-bond donors (Lipinski definition) is 1. The molecule has 0 radical (unpaired) electrons. The third-order valence-electron chi connectivity index (χ3n) is 3.12. The summed E-state index contributed by atoms with van der Waals surface area (Å²) in [4.78, 5) is 6.20. The molecule has 0 saturated carbocycles. The molecule has 0 amide bonds. The van der Waals surface area contributed by atoms with Gasteiger partial charge in [-0.2, -0.15) is 0 Å². The van der Waals surface area contributed by atoms with Gasteiger partial charge in [0.2, 0.25) is 0 Å². The number of halogens is 1. The number of nitrogens with zero attached hydrogens (tertiary/aromatic N) is 2. The molecular formula is C12H24IN3O2S. The van der Waals surface area contributed by atoms with Gasteiger partial charge in [-0.3, -0.25) is 4.99 Å². The van der Waals surface area contributed by atoms with Crippen LogP contribution in [0.25, 0.3) is 0 Å². The smallest absolute Gasteiger partial charge is 0.193 e. The van der Waals surface area contributed by atoms with Crippen molar-refractivity contribution in [2.24, 2.45) is 10.9 Å². The van der Waals surface area contributed by atoms with Gasteiger partial charge >= 0.3 is 0 Å². The van der Waals surface area contributed by atoms with E-state index in [0.29, 0.717) is 18.1 Å². The maximum absolute atomic E-state index is 11.4. The van der Waals surface area contributed by atoms with Crippen molar-refractivity contribution in [3.8, 4) is 0 Å². The van der Waals surface area contributed by atoms with Crippen molar-refractivity contribution in [2.75, 3.05) is 38.7 Å². The fourth-order valence-corrected chi connectivity index (χ4v) is 3.91. The molecule has 1 rings (SSSR count). The van der Waals surface area contributed by atoms with E-state index in [9.17, 15) is 8.42 Å². The lowest BCUT2D eigenvalue weighted by Crippen LogP contribution is -2.41. The minimum Gasteiger partial charge on any atom is -0.356 e. The van der Waals surface area contributed by atoms with Crippen molar-refractivity contribution in [1.82, 2.24) is 10.2 Å². The molecule has 1 aliphatic heterocycles. The number of nitrogens with one attached hydrogen (secondary N) is 1. The molecule has 0 aliphatic carbocycles. The van der Waals surface area contributed by atoms with Gasteiger partial charge in [-0.05, 0) is 18.8 Å². The average Bonchev–Trinajstić information content (AvgIpc) is 2.67. The first-order valence-corrected chi connectivity index (χ1v) is 8.03. The molecule has 1 atom stereocenters. The summed E-state index contributed by atoms with van der Waals surface area (Å²) < 4.78 is 22.7. The fraction of sp³-hybridized carbons (Fsp3) is 0.750. The zero-order valence-corrected chi connectivity index (χ0v) is 14.8. The van der Waals surface area contributed by atoms with Crippen LogP contribution in [0.2, 0.25) is 0 Å². The summed E-state index contributed by atoms with van der Waals surface area (Å²) in [5.74, 6) is 1.64. The van der Waals surface area contributed by atoms with Gasteiger partial charge in [0.25, 0.3) is 0 Å². The van der Waals surface area contributed by atoms with Crippen LogP contribution in [0, 0.1) is 5.92 Å². The average molecular weight is 401 g/mol. The molecule has 7 heteroatoms. The Morgan fingerprint density at radius 2 is 2.26 bits per heavy atom. The maximum atomic E-state index is 11.4. The standard InChI is InChI=1S/C12H23N3O2S.HI/c1-4-5-7-15(3)12(13-2)14-9-11-6-8-18(16,17)10-11;/h4,11H,1,5-10H2,2-3H3,(H,13,14);1H. The minimum atomic E-state index is -2.79. The quantitative estimate of drug-likeness (QED) is 0.325. The molecule has 0 spiro atoms. The summed E-state index contributed by atoms with van der Waals surface area (Å²) in [7, 11) is 0.906. The van der Waals surface area contributed by atoms with Crippen molar-refractivity contribution in [2.45, 2.75) is 12.8 Å². The molecule has 1 fully saturated rings. The van der Waals surface area contributed by atoms with Crippen LogP contribution in [0.1, 0.15) is 12.8 Å². The van der Waals surface area contributed by atoms with E-state index in [1.54, 1.807) is 7.05 Å². The Morgan fingerprint density at radius 3 is 2.74 bits per heavy atom. The largest absolute Gasteiger partial charge is 0.356 e. The van der Waals surface area contributed by atoms with Crippen molar-refractivity contribution in [1.29, 1.82) is 0 Å². The molecule has 1 saturated heterocycles. The van der Waals surface area contributed by atoms with Gasteiger partial charge in [-0.15, -0.1) is 30.6 Å². The molecule has 1 N–H and O–H groups in total. The third-order valence-corrected chi connectivity index (χ3v) is 4.95. The topological polar surface area (TPSA) is 61.8 Å². The SMILES string of the molecule is C=CCCN(C)C(=NC)NCC1CCS(=O)(=O)C1.I. The molecule has 0 aromatic rings. The van der Waals surface area contributed by atoms with E-state index in [1.165, 1.54) is 0 Å². The predicted molar refractivity (Wildman–Crippen MR) is 91.0 cm³/mol. The van der Waals surface area contributed by atoms with Gasteiger partial charge in [0.05, 0.1) is 11.5 Å². The van der Waals surface area contributed by atoms with Gasteiger partial charge in [-0.1, -0.05) is 6.08 Å². The normalized spacial score (nSPS) is 21.6. The first kappa shape index (κ1) is 18.7. The summed E-state index contributed by atoms with van der Waals surface area (Å²) in [5.41, 5.74) is 0. The number of rotatable bonds is 5. The molecule has 1 unspecified atom stereocenters. The first-order valence-electron chi connectivity index (χ1n) is 6.21. The maximum Gasteiger partial charge on any atom is 0.193 e. The van der Waals surface area contributed by atoms with Gasteiger partial charge in [0, 0.05) is 27.2 Å². The van der Waals surface area contributed by atoms with Crippen molar-refractivity contribution < 1.29 is 8.42 Å². The Hall–Kier alpha value is -0.310. The minimum absolute atomic E-state index is 0. The second-order valence-electron chi connectivity index (χ2n) is 4.70. The van der Waals surface area contributed by atoms with E-state index in [4.69, 9.17) is 0 Å². The number of aliphatic imine (C=N–C) groups is 1. The van der Waals surface area contributed by atoms with Crippen LogP contribution < -0.4 is 5.32 Å². The molecule has 0 aromatic heterocycles. The summed E-state index contributed by atoms with van der Waals surface area (Å²) in [6.07, 6.45) is 3.52. The number of hydrogen-bond acceptors (Lipinski definition) is 3. The summed E-state index contributed by atoms with van der Waals surface area (Å²) >= 11 is 0. The van der Waals surface area contributed by atoms with E-state index in [0.717, 1.165) is 25.3 Å². The Balaban J connectivity index is 0.00000324. The van der Waals surface area contributed by atoms with E-state index in [1.807, 2.05) is 18.0 Å². The molecule has 0 aromatic carbocycles. The van der Waals surface area contributed by atoms with Crippen LogP contribution in [-0.2, 0) is 9.84 Å². The fourth-order valence-electron chi connectivity index (χ4n) is 2.04. The summed E-state index contributed by atoms with van der Waals surface area (Å²) in [5, 5.41) is 3.23. The second-order valence-corrected chi connectivity index (χ2v) is 6.92. The zero-order valence-electron chi connectivity index (χ0n) is 11.6. The van der Waals surface area contributed by atoms with Gasteiger partial charge in [0.1, 0.15) is 0 Å². The van der Waals surface area contributed by atoms with Gasteiger partial charge in [0.15, 0.2) is 15.8 Å². The highest BCUT2D eigenvalue weighted by Crippen LogP contribution is 2.17. The predicted octanol–water partition coefficient (Wildman–Crippen LogP) is 1.12. The van der Waals surface area contributed by atoms with Crippen LogP contribution in [0.3, 0.4) is 0 Å². The van der Waals surface area contributed by atoms with E-state index in [2.05, 4.69) is 16.9 Å². The highest BCUT2D eigenvalue weighted by Gasteiger charge is 2.27. The lowest BCUT2D eigenvalue weighted by molar-refractivity contribution is 0.474. The van der Waals surface area contributed by atoms with Crippen molar-refractivity contribution in [3.05, 3.63) is 12.7 Å². The van der Waals surface area contributed by atoms with Crippen molar-refractivity contribution >= 4 is 39.8 Å². The third kappa shape index (κ3) is 6.60. The highest BCUT2D eigenvalue weighted by molar-refractivity contribution is 14.0. The first-order chi connectivity index (χ1) is 8.48. The molecule has 0 bridgehead atoms. The van der Waals surface area contributed by atoms with Crippen molar-refractivity contribution in [3.63, 3.8) is 0 Å². The lowest BCUT2D eigenvalue weighted by Gasteiger charge is -2.22. The molecule has 1 aliphatic rings. The van der Waals surface area contributed by atoms with Gasteiger partial charge < -0.3 is 10.2 Å². The van der Waals surface area contributed by atoms with Crippen LogP contribution in [0.15, 0.2) is 17.6 Å². The zero-order chi connectivity index (χ0) is 13.6. The summed E-state index contributed by atoms with van der Waals surface area (Å²) in [6.45, 7) is 5.21. The Bertz CT molecular complexity index is 409. The van der Waals surface area contributed by atoms with Gasteiger partial charge in [-0.25, -0.2) is 8.42 Å². The second kappa shape index (κ2) is 8.78. The molecule has 112 valence electrons.